The molecule has 1 saturated heterocycles. The lowest BCUT2D eigenvalue weighted by atomic mass is 10.0. The number of likely N-dealkylation sites (tertiary alicyclic amines) is 1. The van der Waals surface area contributed by atoms with Crippen LogP contribution >= 0.6 is 0 Å². The van der Waals surface area contributed by atoms with E-state index in [1.54, 1.807) is 0 Å². The third-order valence-corrected chi connectivity index (χ3v) is 4.74. The zero-order valence-electron chi connectivity index (χ0n) is 13.6. The first-order valence-corrected chi connectivity index (χ1v) is 8.33. The number of hydrogen-bond donors (Lipinski definition) is 1. The molecule has 3 heteroatoms. The lowest BCUT2D eigenvalue weighted by Crippen LogP contribution is -2.37. The van der Waals surface area contributed by atoms with Gasteiger partial charge in [0, 0.05) is 25.6 Å². The molecule has 21 heavy (non-hydrogen) atoms. The van der Waals surface area contributed by atoms with Crippen molar-refractivity contribution in [2.24, 2.45) is 0 Å². The number of fused-ring (bicyclic) bond motifs is 1. The van der Waals surface area contributed by atoms with Gasteiger partial charge in [-0.3, -0.25) is 4.90 Å². The predicted octanol–water partition coefficient (Wildman–Crippen LogP) is 2.97. The van der Waals surface area contributed by atoms with Crippen molar-refractivity contribution in [3.8, 4) is 5.75 Å². The first-order chi connectivity index (χ1) is 10.1. The van der Waals surface area contributed by atoms with E-state index >= 15 is 0 Å². The van der Waals surface area contributed by atoms with Gasteiger partial charge in [0.2, 0.25) is 0 Å². The number of likely N-dealkylation sites (N-methyl/N-ethyl adjacent to an activating group) is 1. The largest absolute Gasteiger partial charge is 0.487 e. The maximum absolute atomic E-state index is 5.94. The zero-order valence-corrected chi connectivity index (χ0v) is 13.6. The molecule has 1 N–H and O–H groups in total. The number of ether oxygens (including phenoxy) is 1. The number of nitrogens with one attached hydrogen (secondary N) is 1. The van der Waals surface area contributed by atoms with Crippen LogP contribution in [0.1, 0.15) is 44.7 Å². The van der Waals surface area contributed by atoms with E-state index in [9.17, 15) is 0 Å². The van der Waals surface area contributed by atoms with Crippen LogP contribution in [-0.2, 0) is 13.0 Å². The monoisotopic (exact) mass is 288 g/mol. The average molecular weight is 288 g/mol. The molecule has 2 heterocycles. The van der Waals surface area contributed by atoms with Gasteiger partial charge in [0.25, 0.3) is 0 Å². The molecule has 0 aromatic heterocycles. The molecule has 116 valence electrons. The third kappa shape index (κ3) is 3.41. The summed E-state index contributed by atoms with van der Waals surface area (Å²) in [7, 11) is 0. The van der Waals surface area contributed by atoms with Gasteiger partial charge >= 0.3 is 0 Å². The molecule has 1 aromatic rings. The van der Waals surface area contributed by atoms with E-state index in [-0.39, 0.29) is 5.60 Å². The van der Waals surface area contributed by atoms with Crippen LogP contribution in [-0.4, -0.2) is 36.2 Å². The zero-order chi connectivity index (χ0) is 14.9. The van der Waals surface area contributed by atoms with Crippen LogP contribution in [0.3, 0.4) is 0 Å². The lowest BCUT2D eigenvalue weighted by molar-refractivity contribution is 0.138. The SMILES string of the molecule is CCN1CCCC1CNCc1ccc2c(c1)CC(C)(C)O2. The predicted molar refractivity (Wildman–Crippen MR) is 86.8 cm³/mol. The van der Waals surface area contributed by atoms with Crippen molar-refractivity contribution >= 4 is 0 Å². The van der Waals surface area contributed by atoms with Crippen molar-refractivity contribution in [1.82, 2.24) is 10.2 Å². The van der Waals surface area contributed by atoms with Crippen LogP contribution in [0.2, 0.25) is 0 Å². The quantitative estimate of drug-likeness (QED) is 0.901. The van der Waals surface area contributed by atoms with Gasteiger partial charge in [0.15, 0.2) is 0 Å². The van der Waals surface area contributed by atoms with Crippen LogP contribution in [0.25, 0.3) is 0 Å². The van der Waals surface area contributed by atoms with Gasteiger partial charge in [-0.2, -0.15) is 0 Å². The maximum atomic E-state index is 5.94. The molecule has 0 radical (unpaired) electrons. The van der Waals surface area contributed by atoms with E-state index in [1.807, 2.05) is 0 Å². The minimum Gasteiger partial charge on any atom is -0.487 e. The van der Waals surface area contributed by atoms with E-state index in [2.05, 4.69) is 49.2 Å². The van der Waals surface area contributed by atoms with Crippen molar-refractivity contribution in [2.45, 2.75) is 58.2 Å². The average Bonchev–Trinajstić information content (AvgIpc) is 3.00. The molecular formula is C18H28N2O. The summed E-state index contributed by atoms with van der Waals surface area (Å²) in [6, 6.07) is 7.37. The second-order valence-corrected chi connectivity index (χ2v) is 7.04. The molecule has 0 bridgehead atoms. The highest BCUT2D eigenvalue weighted by molar-refractivity contribution is 5.41. The first kappa shape index (κ1) is 14.9. The van der Waals surface area contributed by atoms with E-state index in [0.717, 1.165) is 31.3 Å². The Morgan fingerprint density at radius 3 is 3.05 bits per heavy atom. The Morgan fingerprint density at radius 2 is 2.24 bits per heavy atom. The van der Waals surface area contributed by atoms with E-state index in [4.69, 9.17) is 4.74 Å². The van der Waals surface area contributed by atoms with Gasteiger partial charge < -0.3 is 10.1 Å². The third-order valence-electron chi connectivity index (χ3n) is 4.74. The van der Waals surface area contributed by atoms with Gasteiger partial charge in [0.1, 0.15) is 11.4 Å². The Kier molecular flexibility index (Phi) is 4.23. The summed E-state index contributed by atoms with van der Waals surface area (Å²) in [4.78, 5) is 2.59. The molecule has 0 amide bonds. The minimum absolute atomic E-state index is 0.0418. The summed E-state index contributed by atoms with van der Waals surface area (Å²) < 4.78 is 5.94. The number of hydrogen-bond acceptors (Lipinski definition) is 3. The highest BCUT2D eigenvalue weighted by Crippen LogP contribution is 2.35. The smallest absolute Gasteiger partial charge is 0.123 e. The van der Waals surface area contributed by atoms with Crippen molar-refractivity contribution < 1.29 is 4.74 Å². The van der Waals surface area contributed by atoms with Gasteiger partial charge in [-0.15, -0.1) is 0 Å². The summed E-state index contributed by atoms with van der Waals surface area (Å²) in [5, 5.41) is 3.64. The maximum Gasteiger partial charge on any atom is 0.123 e. The lowest BCUT2D eigenvalue weighted by Gasteiger charge is -2.23. The van der Waals surface area contributed by atoms with Crippen molar-refractivity contribution in [2.75, 3.05) is 19.6 Å². The molecule has 0 saturated carbocycles. The Bertz CT molecular complexity index is 498. The fourth-order valence-electron chi connectivity index (χ4n) is 3.70. The Balaban J connectivity index is 1.53. The van der Waals surface area contributed by atoms with Crippen LogP contribution in [0, 0.1) is 0 Å². The fraction of sp³-hybridized carbons (Fsp3) is 0.667. The molecule has 1 aromatic carbocycles. The molecule has 2 aliphatic heterocycles. The van der Waals surface area contributed by atoms with Crippen LogP contribution < -0.4 is 10.1 Å². The molecular weight excluding hydrogens is 260 g/mol. The summed E-state index contributed by atoms with van der Waals surface area (Å²) in [6.07, 6.45) is 3.71. The number of nitrogens with zero attached hydrogens (tertiary/aromatic N) is 1. The molecule has 1 unspecified atom stereocenters. The molecule has 1 atom stereocenters. The molecule has 0 spiro atoms. The standard InChI is InChI=1S/C18H28N2O/c1-4-20-9-5-6-16(20)13-19-12-14-7-8-17-15(10-14)11-18(2,3)21-17/h7-8,10,16,19H,4-6,9,11-13H2,1-3H3. The van der Waals surface area contributed by atoms with Crippen molar-refractivity contribution in [3.63, 3.8) is 0 Å². The van der Waals surface area contributed by atoms with Gasteiger partial charge in [-0.05, 0) is 57.0 Å². The minimum atomic E-state index is -0.0418. The number of benzene rings is 1. The summed E-state index contributed by atoms with van der Waals surface area (Å²) >= 11 is 0. The Morgan fingerprint density at radius 1 is 1.38 bits per heavy atom. The fourth-order valence-corrected chi connectivity index (χ4v) is 3.70. The second-order valence-electron chi connectivity index (χ2n) is 7.04. The van der Waals surface area contributed by atoms with E-state index < -0.39 is 0 Å². The summed E-state index contributed by atoms with van der Waals surface area (Å²) in [6.45, 7) is 11.1. The second kappa shape index (κ2) is 5.98. The Labute approximate surface area is 128 Å². The highest BCUT2D eigenvalue weighted by Gasteiger charge is 2.29. The highest BCUT2D eigenvalue weighted by atomic mass is 16.5. The van der Waals surface area contributed by atoms with Crippen LogP contribution in [0.4, 0.5) is 0 Å². The van der Waals surface area contributed by atoms with Gasteiger partial charge in [-0.1, -0.05) is 19.1 Å². The number of rotatable bonds is 5. The van der Waals surface area contributed by atoms with Gasteiger partial charge in [0.05, 0.1) is 0 Å². The van der Waals surface area contributed by atoms with E-state index in [0.29, 0.717) is 0 Å². The molecule has 0 aliphatic carbocycles. The van der Waals surface area contributed by atoms with E-state index in [1.165, 1.54) is 37.1 Å². The Hall–Kier alpha value is -1.06. The summed E-state index contributed by atoms with van der Waals surface area (Å²) in [5.74, 6) is 1.07. The summed E-state index contributed by atoms with van der Waals surface area (Å²) in [5.41, 5.74) is 2.69. The van der Waals surface area contributed by atoms with Crippen LogP contribution in [0.5, 0.6) is 5.75 Å². The molecule has 1 fully saturated rings. The molecule has 2 aliphatic rings. The first-order valence-electron chi connectivity index (χ1n) is 8.33. The van der Waals surface area contributed by atoms with Crippen LogP contribution in [0.15, 0.2) is 18.2 Å². The van der Waals surface area contributed by atoms with Crippen molar-refractivity contribution in [3.05, 3.63) is 29.3 Å². The molecule has 3 nitrogen and oxygen atoms in total. The molecule has 3 rings (SSSR count). The van der Waals surface area contributed by atoms with Crippen molar-refractivity contribution in [1.29, 1.82) is 0 Å². The topological polar surface area (TPSA) is 24.5 Å². The normalized spacial score (nSPS) is 24.0. The van der Waals surface area contributed by atoms with Gasteiger partial charge in [-0.25, -0.2) is 0 Å².